The minimum absolute atomic E-state index is 0.0164. The van der Waals surface area contributed by atoms with Crippen LogP contribution in [0.2, 0.25) is 5.02 Å². The number of amides is 1. The van der Waals surface area contributed by atoms with Crippen LogP contribution in [0, 0.1) is 0 Å². The molecule has 0 aliphatic carbocycles. The number of rotatable bonds is 4. The number of piperidine rings is 1. The quantitative estimate of drug-likeness (QED) is 0.489. The summed E-state index contributed by atoms with van der Waals surface area (Å²) in [7, 11) is 0. The van der Waals surface area contributed by atoms with Crippen LogP contribution in [0.25, 0.3) is 5.69 Å². The summed E-state index contributed by atoms with van der Waals surface area (Å²) in [6.07, 6.45) is 7.61. The molecule has 1 fully saturated rings. The highest BCUT2D eigenvalue weighted by molar-refractivity contribution is 6.32. The first kappa shape index (κ1) is 20.8. The molecule has 0 radical (unpaired) electrons. The van der Waals surface area contributed by atoms with Crippen LogP contribution < -0.4 is 21.9 Å². The number of nitrogens with two attached hydrogens (primary N) is 1. The van der Waals surface area contributed by atoms with Gasteiger partial charge in [-0.1, -0.05) is 24.1 Å². The summed E-state index contributed by atoms with van der Waals surface area (Å²) in [5.74, 6) is -1.20. The average Bonchev–Trinajstić information content (AvgIpc) is 2.76. The van der Waals surface area contributed by atoms with Crippen molar-refractivity contribution < 1.29 is 9.90 Å². The van der Waals surface area contributed by atoms with Crippen molar-refractivity contribution in [2.45, 2.75) is 25.3 Å². The van der Waals surface area contributed by atoms with E-state index in [2.05, 4.69) is 20.6 Å². The van der Waals surface area contributed by atoms with Crippen molar-refractivity contribution >= 4 is 29.0 Å². The van der Waals surface area contributed by atoms with E-state index in [1.54, 1.807) is 6.20 Å². The third-order valence-electron chi connectivity index (χ3n) is 5.16. The molecule has 31 heavy (non-hydrogen) atoms. The van der Waals surface area contributed by atoms with E-state index in [1.807, 2.05) is 6.07 Å². The van der Waals surface area contributed by atoms with Crippen molar-refractivity contribution in [3.63, 3.8) is 0 Å². The molecule has 3 aromatic rings. The van der Waals surface area contributed by atoms with Crippen LogP contribution in [0.5, 0.6) is 5.75 Å². The summed E-state index contributed by atoms with van der Waals surface area (Å²) < 4.78 is 0.990. The number of nitrogens with zero attached hydrogens (tertiary/aromatic N) is 3. The Morgan fingerprint density at radius 3 is 2.90 bits per heavy atom. The lowest BCUT2D eigenvalue weighted by atomic mass is 9.99. The van der Waals surface area contributed by atoms with E-state index < -0.39 is 11.5 Å². The van der Waals surface area contributed by atoms with Gasteiger partial charge in [0.05, 0.1) is 16.9 Å². The van der Waals surface area contributed by atoms with Gasteiger partial charge in [0.15, 0.2) is 0 Å². The van der Waals surface area contributed by atoms with Gasteiger partial charge in [0, 0.05) is 12.2 Å². The number of aromatic hydroxyl groups is 1. The average molecular weight is 441 g/mol. The first-order valence-electron chi connectivity index (χ1n) is 9.80. The number of nitrogen functional groups attached to an aromatic ring is 1. The highest BCUT2D eigenvalue weighted by Gasteiger charge is 2.22. The summed E-state index contributed by atoms with van der Waals surface area (Å²) in [4.78, 5) is 34.1. The van der Waals surface area contributed by atoms with E-state index in [0.717, 1.165) is 42.3 Å². The topological polar surface area (TPSA) is 135 Å². The molecule has 0 bridgehead atoms. The van der Waals surface area contributed by atoms with Crippen LogP contribution >= 0.6 is 11.6 Å². The van der Waals surface area contributed by atoms with Gasteiger partial charge in [-0.3, -0.25) is 19.1 Å². The van der Waals surface area contributed by atoms with E-state index in [4.69, 9.17) is 17.3 Å². The molecule has 1 aromatic carbocycles. The molecule has 1 saturated heterocycles. The normalized spacial score (nSPS) is 16.1. The molecule has 5 N–H and O–H groups in total. The van der Waals surface area contributed by atoms with E-state index in [9.17, 15) is 14.7 Å². The number of aromatic nitrogens is 3. The fourth-order valence-electron chi connectivity index (χ4n) is 3.63. The minimum atomic E-state index is -0.758. The number of nitrogens with one attached hydrogen (secondary N) is 2. The largest absolute Gasteiger partial charge is 0.506 e. The predicted octanol–water partition coefficient (Wildman–Crippen LogP) is 2.64. The molecule has 0 saturated carbocycles. The van der Waals surface area contributed by atoms with Crippen LogP contribution in [0.15, 0.2) is 47.8 Å². The number of carbonyl (C=O) groups is 1. The second kappa shape index (κ2) is 8.75. The molecule has 1 aliphatic heterocycles. The zero-order valence-corrected chi connectivity index (χ0v) is 17.3. The maximum absolute atomic E-state index is 13.0. The predicted molar refractivity (Wildman–Crippen MR) is 118 cm³/mol. The number of anilines is 2. The Kier molecular flexibility index (Phi) is 5.88. The number of phenolic OH excluding ortho intramolecular Hbond substituents is 1. The van der Waals surface area contributed by atoms with E-state index in [-0.39, 0.29) is 33.9 Å². The molecular formula is C21H21ClN6O3. The molecular weight excluding hydrogens is 420 g/mol. The van der Waals surface area contributed by atoms with E-state index in [0.29, 0.717) is 5.69 Å². The van der Waals surface area contributed by atoms with E-state index in [1.165, 1.54) is 24.4 Å². The zero-order chi connectivity index (χ0) is 22.0. The van der Waals surface area contributed by atoms with Gasteiger partial charge in [-0.2, -0.15) is 0 Å². The first-order chi connectivity index (χ1) is 15.0. The van der Waals surface area contributed by atoms with Crippen LogP contribution in [-0.4, -0.2) is 32.1 Å². The smallest absolute Gasteiger partial charge is 0.273 e. The molecule has 0 spiro atoms. The van der Waals surface area contributed by atoms with Gasteiger partial charge in [-0.15, -0.1) is 0 Å². The monoisotopic (exact) mass is 440 g/mol. The minimum Gasteiger partial charge on any atom is -0.506 e. The van der Waals surface area contributed by atoms with Crippen molar-refractivity contribution in [3.8, 4) is 11.4 Å². The number of para-hydroxylation sites is 1. The van der Waals surface area contributed by atoms with Crippen molar-refractivity contribution in [1.82, 2.24) is 19.9 Å². The number of benzene rings is 1. The lowest BCUT2D eigenvalue weighted by Crippen LogP contribution is -2.31. The summed E-state index contributed by atoms with van der Waals surface area (Å²) in [5, 5.41) is 16.4. The highest BCUT2D eigenvalue weighted by Crippen LogP contribution is 2.28. The Hall–Kier alpha value is -3.43. The number of pyridine rings is 1. The van der Waals surface area contributed by atoms with Gasteiger partial charge in [-0.25, -0.2) is 4.98 Å². The Bertz CT molecular complexity index is 1170. The Labute approximate surface area is 182 Å². The third-order valence-corrected chi connectivity index (χ3v) is 5.47. The Balaban J connectivity index is 1.66. The molecule has 4 rings (SSSR count). The Morgan fingerprint density at radius 2 is 2.16 bits per heavy atom. The lowest BCUT2D eigenvalue weighted by Gasteiger charge is -2.23. The van der Waals surface area contributed by atoms with Gasteiger partial charge < -0.3 is 21.5 Å². The molecule has 1 amide bonds. The number of phenols is 1. The Morgan fingerprint density at radius 1 is 1.32 bits per heavy atom. The van der Waals surface area contributed by atoms with E-state index >= 15 is 0 Å². The number of hydrogen-bond donors (Lipinski definition) is 4. The summed E-state index contributed by atoms with van der Waals surface area (Å²) in [5.41, 5.74) is 6.13. The second-order valence-electron chi connectivity index (χ2n) is 7.25. The van der Waals surface area contributed by atoms with Gasteiger partial charge in [0.1, 0.15) is 29.1 Å². The highest BCUT2D eigenvalue weighted by atomic mass is 35.5. The van der Waals surface area contributed by atoms with Crippen molar-refractivity contribution in [2.24, 2.45) is 0 Å². The second-order valence-corrected chi connectivity index (χ2v) is 7.66. The summed E-state index contributed by atoms with van der Waals surface area (Å²) >= 11 is 6.14. The van der Waals surface area contributed by atoms with Crippen LogP contribution in [0.3, 0.4) is 0 Å². The van der Waals surface area contributed by atoms with Crippen LogP contribution in [0.4, 0.5) is 11.5 Å². The summed E-state index contributed by atoms with van der Waals surface area (Å²) in [6, 6.07) is 6.41. The molecule has 3 heterocycles. The summed E-state index contributed by atoms with van der Waals surface area (Å²) in [6.45, 7) is 0.932. The standard InChI is InChI=1S/C21H21ClN6O3/c22-14-4-3-6-16(29)18(14)28-11-26-19(23)17(21(28)31)20(30)27-13-8-12(9-24-10-13)15-5-1-2-7-25-15/h3-4,6,8-11,15,25,29H,1-2,5,7,23H2,(H,27,30)/t15-/m0/s1. The number of hydrogen-bond acceptors (Lipinski definition) is 7. The molecule has 10 heteroatoms. The lowest BCUT2D eigenvalue weighted by molar-refractivity contribution is 0.102. The van der Waals surface area contributed by atoms with Crippen LogP contribution in [0.1, 0.15) is 41.2 Å². The fourth-order valence-corrected chi connectivity index (χ4v) is 3.89. The molecule has 9 nitrogen and oxygen atoms in total. The van der Waals surface area contributed by atoms with Gasteiger partial charge in [-0.05, 0) is 43.1 Å². The van der Waals surface area contributed by atoms with Gasteiger partial charge in [0.25, 0.3) is 11.5 Å². The van der Waals surface area contributed by atoms with Crippen molar-refractivity contribution in [2.75, 3.05) is 17.6 Å². The molecule has 160 valence electrons. The molecule has 2 aromatic heterocycles. The van der Waals surface area contributed by atoms with Crippen molar-refractivity contribution in [3.05, 3.63) is 69.5 Å². The molecule has 1 atom stereocenters. The maximum Gasteiger partial charge on any atom is 0.273 e. The van der Waals surface area contributed by atoms with Crippen LogP contribution in [-0.2, 0) is 0 Å². The van der Waals surface area contributed by atoms with Gasteiger partial charge >= 0.3 is 0 Å². The SMILES string of the molecule is Nc1ncn(-c2c(O)cccc2Cl)c(=O)c1C(=O)Nc1cncc([C@@H]2CCCCN2)c1. The number of carbonyl (C=O) groups excluding carboxylic acids is 1. The fraction of sp³-hybridized carbons (Fsp3) is 0.238. The molecule has 1 aliphatic rings. The van der Waals surface area contributed by atoms with Gasteiger partial charge in [0.2, 0.25) is 0 Å². The third kappa shape index (κ3) is 4.23. The molecule has 0 unspecified atom stereocenters. The number of halogens is 1. The first-order valence-corrected chi connectivity index (χ1v) is 10.2. The van der Waals surface area contributed by atoms with Crippen molar-refractivity contribution in [1.29, 1.82) is 0 Å². The maximum atomic E-state index is 13.0. The zero-order valence-electron chi connectivity index (χ0n) is 16.5.